The molecule has 0 heterocycles. The van der Waals surface area contributed by atoms with E-state index in [4.69, 9.17) is 0 Å². The van der Waals surface area contributed by atoms with E-state index in [1.54, 1.807) is 18.2 Å². The fraction of sp³-hybridized carbons (Fsp3) is 0.259. The molecule has 3 aromatic carbocycles. The van der Waals surface area contributed by atoms with E-state index in [1.807, 2.05) is 24.3 Å². The average Bonchev–Trinajstić information content (AvgIpc) is 3.61. The van der Waals surface area contributed by atoms with Crippen molar-refractivity contribution in [2.24, 2.45) is 0 Å². The lowest BCUT2D eigenvalue weighted by Gasteiger charge is -2.21. The van der Waals surface area contributed by atoms with Gasteiger partial charge in [-0.2, -0.15) is 0 Å². The van der Waals surface area contributed by atoms with Gasteiger partial charge in [-0.3, -0.25) is 14.9 Å². The van der Waals surface area contributed by atoms with E-state index >= 15 is 0 Å². The average molecular weight is 428 g/mol. The highest BCUT2D eigenvalue weighted by molar-refractivity contribution is 6.04. The van der Waals surface area contributed by atoms with E-state index in [9.17, 15) is 9.59 Å². The van der Waals surface area contributed by atoms with Crippen molar-refractivity contribution in [1.29, 1.82) is 0 Å². The smallest absolute Gasteiger partial charge is 0.253 e. The molecule has 3 N–H and O–H groups in total. The Morgan fingerprint density at radius 1 is 0.875 bits per heavy atom. The Morgan fingerprint density at radius 2 is 1.59 bits per heavy atom. The van der Waals surface area contributed by atoms with Crippen LogP contribution in [0.5, 0.6) is 0 Å². The van der Waals surface area contributed by atoms with Crippen LogP contribution in [-0.4, -0.2) is 24.4 Å². The first-order valence-electron chi connectivity index (χ1n) is 11.1. The molecule has 0 spiro atoms. The molecule has 1 fully saturated rings. The number of aryl methyl sites for hydroxylation is 2. The molecule has 1 saturated carbocycles. The molecular formula is C27H29N3O2. The third-order valence-corrected chi connectivity index (χ3v) is 5.82. The van der Waals surface area contributed by atoms with Gasteiger partial charge in [-0.15, -0.1) is 0 Å². The lowest BCUT2D eigenvalue weighted by Crippen LogP contribution is -2.33. The van der Waals surface area contributed by atoms with Crippen LogP contribution in [0.15, 0.2) is 72.8 Å². The maximum Gasteiger partial charge on any atom is 0.253 e. The summed E-state index contributed by atoms with van der Waals surface area (Å²) in [5.41, 5.74) is 5.66. The van der Waals surface area contributed by atoms with Crippen LogP contribution >= 0.6 is 0 Å². The second kappa shape index (κ2) is 9.79. The van der Waals surface area contributed by atoms with Gasteiger partial charge in [0.1, 0.15) is 0 Å². The first kappa shape index (κ1) is 21.8. The molecule has 1 aliphatic carbocycles. The Hall–Kier alpha value is -3.44. The second-order valence-corrected chi connectivity index (χ2v) is 8.41. The molecular weight excluding hydrogens is 398 g/mol. The predicted molar refractivity (Wildman–Crippen MR) is 128 cm³/mol. The molecule has 1 atom stereocenters. The van der Waals surface area contributed by atoms with Crippen molar-refractivity contribution < 1.29 is 9.59 Å². The Morgan fingerprint density at radius 3 is 2.31 bits per heavy atom. The summed E-state index contributed by atoms with van der Waals surface area (Å²) in [6, 6.07) is 23.7. The SMILES string of the molecule is Cc1ccc(C(NCC(=O)Nc2ccccc2C(=O)NC2CC2)c2ccccc2)cc1C. The zero-order valence-electron chi connectivity index (χ0n) is 18.5. The molecule has 164 valence electrons. The van der Waals surface area contributed by atoms with E-state index < -0.39 is 0 Å². The number of carbonyl (C=O) groups excluding carboxylic acids is 2. The summed E-state index contributed by atoms with van der Waals surface area (Å²) in [7, 11) is 0. The van der Waals surface area contributed by atoms with Crippen molar-refractivity contribution >= 4 is 17.5 Å². The van der Waals surface area contributed by atoms with Crippen LogP contribution in [0.4, 0.5) is 5.69 Å². The third kappa shape index (κ3) is 5.42. The molecule has 5 nitrogen and oxygen atoms in total. The summed E-state index contributed by atoms with van der Waals surface area (Å²) in [5, 5.41) is 9.28. The normalized spacial score (nSPS) is 13.9. The standard InChI is InChI=1S/C27H29N3O2/c1-18-12-13-21(16-19(18)2)26(20-8-4-3-5-9-20)28-17-25(31)30-24-11-7-6-10-23(24)27(32)29-22-14-15-22/h3-13,16,22,26,28H,14-15,17H2,1-2H3,(H,29,32)(H,30,31). The van der Waals surface area contributed by atoms with E-state index in [2.05, 4.69) is 60.1 Å². The summed E-state index contributed by atoms with van der Waals surface area (Å²) >= 11 is 0. The summed E-state index contributed by atoms with van der Waals surface area (Å²) < 4.78 is 0. The molecule has 0 aromatic heterocycles. The monoisotopic (exact) mass is 427 g/mol. The fourth-order valence-electron chi connectivity index (χ4n) is 3.69. The number of carbonyl (C=O) groups is 2. The minimum atomic E-state index is -0.193. The first-order chi connectivity index (χ1) is 15.5. The minimum Gasteiger partial charge on any atom is -0.349 e. The number of hydrogen-bond acceptors (Lipinski definition) is 3. The summed E-state index contributed by atoms with van der Waals surface area (Å²) in [4.78, 5) is 25.3. The molecule has 4 rings (SSSR count). The number of hydrogen-bond donors (Lipinski definition) is 3. The lowest BCUT2D eigenvalue weighted by atomic mass is 9.95. The number of para-hydroxylation sites is 1. The minimum absolute atomic E-state index is 0.116. The predicted octanol–water partition coefficient (Wildman–Crippen LogP) is 4.51. The lowest BCUT2D eigenvalue weighted by molar-refractivity contribution is -0.115. The van der Waals surface area contributed by atoms with Gasteiger partial charge in [0, 0.05) is 6.04 Å². The van der Waals surface area contributed by atoms with E-state index in [0.717, 1.165) is 24.0 Å². The third-order valence-electron chi connectivity index (χ3n) is 5.82. The van der Waals surface area contributed by atoms with Gasteiger partial charge in [-0.25, -0.2) is 0 Å². The molecule has 0 aliphatic heterocycles. The van der Waals surface area contributed by atoms with Crippen molar-refractivity contribution in [3.63, 3.8) is 0 Å². The van der Waals surface area contributed by atoms with Crippen LogP contribution in [0.25, 0.3) is 0 Å². The first-order valence-corrected chi connectivity index (χ1v) is 11.1. The Balaban J connectivity index is 1.47. The van der Waals surface area contributed by atoms with Crippen molar-refractivity contribution in [2.45, 2.75) is 38.8 Å². The maximum atomic E-state index is 12.8. The number of anilines is 1. The largest absolute Gasteiger partial charge is 0.349 e. The summed E-state index contributed by atoms with van der Waals surface area (Å²) in [5.74, 6) is -0.338. The summed E-state index contributed by atoms with van der Waals surface area (Å²) in [6.45, 7) is 4.30. The molecule has 1 unspecified atom stereocenters. The van der Waals surface area contributed by atoms with Gasteiger partial charge in [-0.05, 0) is 61.1 Å². The van der Waals surface area contributed by atoms with Gasteiger partial charge < -0.3 is 10.6 Å². The zero-order valence-corrected chi connectivity index (χ0v) is 18.5. The highest BCUT2D eigenvalue weighted by Crippen LogP contribution is 2.24. The van der Waals surface area contributed by atoms with Gasteiger partial charge in [0.2, 0.25) is 5.91 Å². The van der Waals surface area contributed by atoms with Crippen LogP contribution in [0.1, 0.15) is 51.5 Å². The van der Waals surface area contributed by atoms with Gasteiger partial charge >= 0.3 is 0 Å². The quantitative estimate of drug-likeness (QED) is 0.495. The maximum absolute atomic E-state index is 12.8. The van der Waals surface area contributed by atoms with Crippen LogP contribution in [0.3, 0.4) is 0 Å². The van der Waals surface area contributed by atoms with Crippen molar-refractivity contribution in [3.05, 3.63) is 101 Å². The molecule has 0 radical (unpaired) electrons. The second-order valence-electron chi connectivity index (χ2n) is 8.41. The number of amides is 2. The highest BCUT2D eigenvalue weighted by Gasteiger charge is 2.25. The molecule has 0 saturated heterocycles. The number of rotatable bonds is 8. The Labute approximate surface area is 189 Å². The Bertz CT molecular complexity index is 1110. The van der Waals surface area contributed by atoms with Crippen molar-refractivity contribution in [2.75, 3.05) is 11.9 Å². The van der Waals surface area contributed by atoms with Gasteiger partial charge in [0.15, 0.2) is 0 Å². The topological polar surface area (TPSA) is 70.2 Å². The van der Waals surface area contributed by atoms with Crippen LogP contribution in [0.2, 0.25) is 0 Å². The number of benzene rings is 3. The zero-order chi connectivity index (χ0) is 22.5. The van der Waals surface area contributed by atoms with E-state index in [0.29, 0.717) is 11.3 Å². The summed E-state index contributed by atoms with van der Waals surface area (Å²) in [6.07, 6.45) is 2.03. The molecule has 2 amide bonds. The van der Waals surface area contributed by atoms with Gasteiger partial charge in [0.25, 0.3) is 5.91 Å². The fourth-order valence-corrected chi connectivity index (χ4v) is 3.69. The van der Waals surface area contributed by atoms with Crippen LogP contribution in [0, 0.1) is 13.8 Å². The van der Waals surface area contributed by atoms with E-state index in [-0.39, 0.29) is 30.4 Å². The van der Waals surface area contributed by atoms with Crippen LogP contribution in [-0.2, 0) is 4.79 Å². The Kier molecular flexibility index (Phi) is 6.66. The van der Waals surface area contributed by atoms with Crippen molar-refractivity contribution in [3.8, 4) is 0 Å². The number of nitrogens with one attached hydrogen (secondary N) is 3. The molecule has 1 aliphatic rings. The van der Waals surface area contributed by atoms with Gasteiger partial charge in [0.05, 0.1) is 23.8 Å². The van der Waals surface area contributed by atoms with Crippen molar-refractivity contribution in [1.82, 2.24) is 10.6 Å². The molecule has 0 bridgehead atoms. The molecule has 32 heavy (non-hydrogen) atoms. The molecule has 5 heteroatoms. The van der Waals surface area contributed by atoms with Crippen LogP contribution < -0.4 is 16.0 Å². The van der Waals surface area contributed by atoms with E-state index in [1.165, 1.54) is 11.1 Å². The molecule has 3 aromatic rings. The highest BCUT2D eigenvalue weighted by atomic mass is 16.2. The van der Waals surface area contributed by atoms with Gasteiger partial charge in [-0.1, -0.05) is 60.7 Å².